The van der Waals surface area contributed by atoms with Gasteiger partial charge in [-0.05, 0) is 55.8 Å². The minimum atomic E-state index is -3.93. The van der Waals surface area contributed by atoms with Crippen LogP contribution in [0.1, 0.15) is 12.5 Å². The van der Waals surface area contributed by atoms with Crippen LogP contribution in [0.4, 0.5) is 10.1 Å². The summed E-state index contributed by atoms with van der Waals surface area (Å²) in [5.74, 6) is -1.09. The summed E-state index contributed by atoms with van der Waals surface area (Å²) in [6, 6.07) is 8.28. The minimum absolute atomic E-state index is 0.123. The van der Waals surface area contributed by atoms with Crippen molar-refractivity contribution in [3.05, 3.63) is 58.9 Å². The van der Waals surface area contributed by atoms with E-state index < -0.39 is 27.8 Å². The van der Waals surface area contributed by atoms with Gasteiger partial charge in [0.15, 0.2) is 0 Å². The van der Waals surface area contributed by atoms with Gasteiger partial charge in [-0.25, -0.2) is 12.8 Å². The van der Waals surface area contributed by atoms with Crippen LogP contribution in [0.2, 0.25) is 5.02 Å². The van der Waals surface area contributed by atoms with Crippen LogP contribution in [-0.2, 0) is 14.8 Å². The van der Waals surface area contributed by atoms with Gasteiger partial charge in [0, 0.05) is 10.7 Å². The summed E-state index contributed by atoms with van der Waals surface area (Å²) in [6.45, 7) is 3.24. The SMILES string of the molecule is Cc1ccc(NC(=O)C(C)NS(=O)(=O)c2ccc(F)cc2)cc1Cl. The van der Waals surface area contributed by atoms with Crippen molar-refractivity contribution in [2.75, 3.05) is 5.32 Å². The Morgan fingerprint density at radius 2 is 1.79 bits per heavy atom. The van der Waals surface area contributed by atoms with E-state index in [1.807, 2.05) is 6.92 Å². The Kier molecular flexibility index (Phi) is 5.58. The van der Waals surface area contributed by atoms with Gasteiger partial charge < -0.3 is 5.32 Å². The van der Waals surface area contributed by atoms with E-state index in [4.69, 9.17) is 11.6 Å². The normalized spacial score (nSPS) is 12.7. The molecule has 1 atom stereocenters. The van der Waals surface area contributed by atoms with E-state index in [1.165, 1.54) is 6.92 Å². The number of amides is 1. The molecule has 0 saturated carbocycles. The standard InChI is InChI=1S/C16H16ClFN2O3S/c1-10-3-6-13(9-15(10)17)19-16(21)11(2)20-24(22,23)14-7-4-12(18)5-8-14/h3-9,11,20H,1-2H3,(H,19,21). The number of hydrogen-bond acceptors (Lipinski definition) is 3. The van der Waals surface area contributed by atoms with Crippen LogP contribution >= 0.6 is 11.6 Å². The van der Waals surface area contributed by atoms with Crippen molar-refractivity contribution >= 4 is 33.2 Å². The summed E-state index contributed by atoms with van der Waals surface area (Å²) in [5.41, 5.74) is 1.32. The second-order valence-corrected chi connectivity index (χ2v) is 7.37. The molecule has 1 unspecified atom stereocenters. The molecule has 24 heavy (non-hydrogen) atoms. The largest absolute Gasteiger partial charge is 0.325 e. The Bertz CT molecular complexity index is 854. The molecular formula is C16H16ClFN2O3S. The maximum Gasteiger partial charge on any atom is 0.242 e. The van der Waals surface area contributed by atoms with E-state index in [1.54, 1.807) is 18.2 Å². The predicted molar refractivity (Wildman–Crippen MR) is 91.0 cm³/mol. The molecule has 0 aliphatic carbocycles. The highest BCUT2D eigenvalue weighted by Crippen LogP contribution is 2.20. The number of aryl methyl sites for hydroxylation is 1. The van der Waals surface area contributed by atoms with Gasteiger partial charge in [-0.2, -0.15) is 4.72 Å². The molecule has 0 saturated heterocycles. The molecule has 2 aromatic rings. The second-order valence-electron chi connectivity index (χ2n) is 5.25. The van der Waals surface area contributed by atoms with Crippen LogP contribution in [0.3, 0.4) is 0 Å². The molecular weight excluding hydrogens is 355 g/mol. The molecule has 0 spiro atoms. The fourth-order valence-corrected chi connectivity index (χ4v) is 3.27. The topological polar surface area (TPSA) is 75.3 Å². The van der Waals surface area contributed by atoms with Crippen LogP contribution in [0.5, 0.6) is 0 Å². The van der Waals surface area contributed by atoms with Crippen molar-refractivity contribution in [3.8, 4) is 0 Å². The molecule has 2 aromatic carbocycles. The first-order chi connectivity index (χ1) is 11.2. The summed E-state index contributed by atoms with van der Waals surface area (Å²) in [6.07, 6.45) is 0. The van der Waals surface area contributed by atoms with Gasteiger partial charge in [0.05, 0.1) is 10.9 Å². The number of anilines is 1. The van der Waals surface area contributed by atoms with E-state index in [9.17, 15) is 17.6 Å². The lowest BCUT2D eigenvalue weighted by atomic mass is 10.2. The maximum absolute atomic E-state index is 12.9. The van der Waals surface area contributed by atoms with E-state index in [2.05, 4.69) is 10.0 Å². The molecule has 0 aromatic heterocycles. The average Bonchev–Trinajstić information content (AvgIpc) is 2.51. The van der Waals surface area contributed by atoms with Crippen molar-refractivity contribution in [3.63, 3.8) is 0 Å². The highest BCUT2D eigenvalue weighted by Gasteiger charge is 2.22. The minimum Gasteiger partial charge on any atom is -0.325 e. The third-order valence-electron chi connectivity index (χ3n) is 3.29. The Hall–Kier alpha value is -1.96. The van der Waals surface area contributed by atoms with Gasteiger partial charge in [0.2, 0.25) is 15.9 Å². The van der Waals surface area contributed by atoms with Gasteiger partial charge in [-0.1, -0.05) is 17.7 Å². The van der Waals surface area contributed by atoms with Crippen LogP contribution < -0.4 is 10.0 Å². The van der Waals surface area contributed by atoms with E-state index in [0.717, 1.165) is 29.8 Å². The first-order valence-electron chi connectivity index (χ1n) is 7.04. The predicted octanol–water partition coefficient (Wildman–Crippen LogP) is 3.09. The molecule has 1 amide bonds. The summed E-state index contributed by atoms with van der Waals surface area (Å²) in [5, 5.41) is 3.08. The number of carbonyl (C=O) groups is 1. The summed E-state index contributed by atoms with van der Waals surface area (Å²) in [7, 11) is -3.93. The van der Waals surface area contributed by atoms with Gasteiger partial charge in [0.1, 0.15) is 5.82 Å². The number of sulfonamides is 1. The van der Waals surface area contributed by atoms with Crippen LogP contribution in [-0.4, -0.2) is 20.4 Å². The van der Waals surface area contributed by atoms with Gasteiger partial charge in [-0.3, -0.25) is 4.79 Å². The third kappa shape index (κ3) is 4.53. The molecule has 5 nitrogen and oxygen atoms in total. The van der Waals surface area contributed by atoms with Crippen molar-refractivity contribution < 1.29 is 17.6 Å². The Labute approximate surface area is 144 Å². The number of halogens is 2. The molecule has 0 bridgehead atoms. The van der Waals surface area contributed by atoms with Gasteiger partial charge >= 0.3 is 0 Å². The molecule has 128 valence electrons. The first-order valence-corrected chi connectivity index (χ1v) is 8.90. The zero-order valence-electron chi connectivity index (χ0n) is 13.0. The molecule has 8 heteroatoms. The summed E-state index contributed by atoms with van der Waals surface area (Å²) in [4.78, 5) is 12.0. The highest BCUT2D eigenvalue weighted by molar-refractivity contribution is 7.89. The van der Waals surface area contributed by atoms with Gasteiger partial charge in [0.25, 0.3) is 0 Å². The summed E-state index contributed by atoms with van der Waals surface area (Å²) < 4.78 is 39.5. The second kappa shape index (κ2) is 7.29. The zero-order valence-corrected chi connectivity index (χ0v) is 14.6. The number of nitrogens with one attached hydrogen (secondary N) is 2. The lowest BCUT2D eigenvalue weighted by molar-refractivity contribution is -0.117. The Morgan fingerprint density at radius 3 is 2.38 bits per heavy atom. The number of hydrogen-bond donors (Lipinski definition) is 2. The molecule has 0 aliphatic heterocycles. The molecule has 0 aliphatic rings. The number of rotatable bonds is 5. The van der Waals surface area contributed by atoms with Crippen LogP contribution in [0, 0.1) is 12.7 Å². The first kappa shape index (κ1) is 18.4. The third-order valence-corrected chi connectivity index (χ3v) is 5.25. The lowest BCUT2D eigenvalue weighted by Gasteiger charge is -2.15. The van der Waals surface area contributed by atoms with Crippen LogP contribution in [0.25, 0.3) is 0 Å². The molecule has 2 rings (SSSR count). The van der Waals surface area contributed by atoms with Crippen molar-refractivity contribution in [2.45, 2.75) is 24.8 Å². The fourth-order valence-electron chi connectivity index (χ4n) is 1.89. The fraction of sp³-hybridized carbons (Fsp3) is 0.188. The quantitative estimate of drug-likeness (QED) is 0.849. The molecule has 0 heterocycles. The smallest absolute Gasteiger partial charge is 0.242 e. The van der Waals surface area contributed by atoms with Crippen molar-refractivity contribution in [2.24, 2.45) is 0 Å². The molecule has 0 fully saturated rings. The molecule has 2 N–H and O–H groups in total. The van der Waals surface area contributed by atoms with E-state index >= 15 is 0 Å². The van der Waals surface area contributed by atoms with E-state index in [-0.39, 0.29) is 4.90 Å². The number of carbonyl (C=O) groups excluding carboxylic acids is 1. The zero-order chi connectivity index (χ0) is 17.9. The van der Waals surface area contributed by atoms with E-state index in [0.29, 0.717) is 10.7 Å². The maximum atomic E-state index is 12.9. The highest BCUT2D eigenvalue weighted by atomic mass is 35.5. The monoisotopic (exact) mass is 370 g/mol. The lowest BCUT2D eigenvalue weighted by Crippen LogP contribution is -2.41. The average molecular weight is 371 g/mol. The summed E-state index contributed by atoms with van der Waals surface area (Å²) >= 11 is 5.98. The molecule has 0 radical (unpaired) electrons. The Balaban J connectivity index is 2.07. The Morgan fingerprint density at radius 1 is 1.17 bits per heavy atom. The number of benzene rings is 2. The van der Waals surface area contributed by atoms with Gasteiger partial charge in [-0.15, -0.1) is 0 Å². The van der Waals surface area contributed by atoms with Crippen molar-refractivity contribution in [1.82, 2.24) is 4.72 Å². The van der Waals surface area contributed by atoms with Crippen molar-refractivity contribution in [1.29, 1.82) is 0 Å². The van der Waals surface area contributed by atoms with Crippen LogP contribution in [0.15, 0.2) is 47.4 Å².